The van der Waals surface area contributed by atoms with Crippen LogP contribution in [0, 0.1) is 0 Å². The van der Waals surface area contributed by atoms with Crippen LogP contribution in [-0.2, 0) is 9.59 Å². The molecule has 0 aromatic rings. The topological polar surface area (TPSA) is 74.6 Å². The molecule has 0 bridgehead atoms. The Bertz CT molecular complexity index is 138. The van der Waals surface area contributed by atoms with Gasteiger partial charge in [0.25, 0.3) is 0 Å². The van der Waals surface area contributed by atoms with Crippen LogP contribution in [0.1, 0.15) is 12.8 Å². The van der Waals surface area contributed by atoms with Crippen LogP contribution in [0.3, 0.4) is 0 Å². The van der Waals surface area contributed by atoms with E-state index >= 15 is 0 Å². The van der Waals surface area contributed by atoms with Crippen LogP contribution >= 0.6 is 0 Å². The molecule has 0 fully saturated rings. The number of rotatable bonds is 3. The molecule has 0 rings (SSSR count). The number of halogens is 3. The molecule has 0 amide bonds. The predicted octanol–water partition coefficient (Wildman–Crippen LogP) is -0.368. The average molecular weight is 232 g/mol. The third-order valence-corrected chi connectivity index (χ3v) is 0.553. The first kappa shape index (κ1) is 18.6. The van der Waals surface area contributed by atoms with Crippen LogP contribution < -0.4 is 0 Å². The summed E-state index contributed by atoms with van der Waals surface area (Å²) in [5, 5.41) is 15.8. The largest absolute Gasteiger partial charge is 1.04 e. The maximum absolute atomic E-state index is 9.81. The average Bonchev–Trinajstić information content (AvgIpc) is 1.82. The van der Waals surface area contributed by atoms with Crippen molar-refractivity contribution in [3.63, 3.8) is 0 Å². The van der Waals surface area contributed by atoms with Crippen LogP contribution in [0.15, 0.2) is 0 Å². The lowest BCUT2D eigenvalue weighted by atomic mass is 10.3. The van der Waals surface area contributed by atoms with Crippen LogP contribution in [0.25, 0.3) is 0 Å². The second kappa shape index (κ2) is 11.8. The van der Waals surface area contributed by atoms with Crippen molar-refractivity contribution < 1.29 is 30.4 Å². The van der Waals surface area contributed by atoms with Gasteiger partial charge in [-0.05, 0) is 0 Å². The molecule has 0 spiro atoms. The van der Waals surface area contributed by atoms with E-state index in [0.717, 1.165) is 0 Å². The van der Waals surface area contributed by atoms with Gasteiger partial charge in [0.1, 0.15) is 0 Å². The first-order chi connectivity index (χ1) is 5.36. The molecule has 0 unspecified atom stereocenters. The lowest BCUT2D eigenvalue weighted by molar-refractivity contribution is -0.143. The molecule has 0 aliphatic heterocycles. The van der Waals surface area contributed by atoms with Crippen molar-refractivity contribution in [1.29, 1.82) is 0 Å². The molecule has 0 aliphatic carbocycles. The van der Waals surface area contributed by atoms with E-state index in [1.807, 2.05) is 0 Å². The molecule has 0 radical (unpaired) electrons. The van der Waals surface area contributed by atoms with E-state index in [1.165, 1.54) is 0 Å². The second-order valence-electron chi connectivity index (χ2n) is 1.53. The highest BCUT2D eigenvalue weighted by atomic mass is 27.3. The summed E-state index contributed by atoms with van der Waals surface area (Å²) >= 11 is -4.64. The maximum atomic E-state index is 9.81. The molecule has 0 aromatic carbocycles. The summed E-state index contributed by atoms with van der Waals surface area (Å²) in [6.45, 7) is 0. The van der Waals surface area contributed by atoms with Gasteiger partial charge in [0.05, 0.1) is 12.8 Å². The fraction of sp³-hybridized carbons (Fsp3) is 0.500. The molecule has 13 heavy (non-hydrogen) atoms. The third-order valence-electron chi connectivity index (χ3n) is 0.553. The van der Waals surface area contributed by atoms with Crippen LogP contribution in [0.5, 0.6) is 0 Å². The van der Waals surface area contributed by atoms with E-state index in [4.69, 9.17) is 10.2 Å². The highest BCUT2D eigenvalue weighted by molar-refractivity contribution is 6.33. The van der Waals surface area contributed by atoms with Gasteiger partial charge in [0.15, 0.2) is 17.4 Å². The number of aliphatic carboxylic acids is 2. The maximum Gasteiger partial charge on any atom is 1.04 e. The third kappa shape index (κ3) is 49.2. The molecule has 0 aliphatic rings. The number of carbonyl (C=O) groups is 2. The fourth-order valence-electron chi connectivity index (χ4n) is 0.214. The normalized spacial score (nSPS) is 7.31. The van der Waals surface area contributed by atoms with Crippen LogP contribution in [-0.4, -0.2) is 55.0 Å². The minimum atomic E-state index is -4.64. The Kier molecular flexibility index (Phi) is 16.8. The van der Waals surface area contributed by atoms with E-state index in [2.05, 4.69) is 0 Å². The minimum absolute atomic E-state index is 0. The molecule has 0 heterocycles. The van der Waals surface area contributed by atoms with Gasteiger partial charge >= 0.3 is 27.5 Å². The minimum Gasteiger partial charge on any atom is -0.481 e. The van der Waals surface area contributed by atoms with Crippen molar-refractivity contribution >= 4 is 44.8 Å². The summed E-state index contributed by atoms with van der Waals surface area (Å²) in [4.78, 5) is 19.3. The predicted molar refractivity (Wildman–Crippen MR) is 43.5 cm³/mol. The molecular formula is C4H9Al2F3O4. The van der Waals surface area contributed by atoms with E-state index in [0.29, 0.717) is 0 Å². The Morgan fingerprint density at radius 2 is 1.15 bits per heavy atom. The first-order valence-electron chi connectivity index (χ1n) is 2.72. The Balaban J connectivity index is -0.000000173. The van der Waals surface area contributed by atoms with E-state index < -0.39 is 27.5 Å². The van der Waals surface area contributed by atoms with Crippen LogP contribution in [0.4, 0.5) is 10.6 Å². The lowest BCUT2D eigenvalue weighted by Gasteiger charge is -1.85. The fourth-order valence-corrected chi connectivity index (χ4v) is 0.214. The Labute approximate surface area is 88.3 Å². The molecule has 0 saturated carbocycles. The zero-order valence-electron chi connectivity index (χ0n) is 5.84. The Morgan fingerprint density at radius 3 is 1.23 bits per heavy atom. The van der Waals surface area contributed by atoms with E-state index in [-0.39, 0.29) is 30.2 Å². The molecule has 76 valence electrons. The van der Waals surface area contributed by atoms with Crippen molar-refractivity contribution in [2.45, 2.75) is 12.8 Å². The molecule has 4 nitrogen and oxygen atoms in total. The molecule has 2 N–H and O–H groups in total. The Morgan fingerprint density at radius 1 is 1.00 bits per heavy atom. The van der Waals surface area contributed by atoms with Gasteiger partial charge in [-0.1, -0.05) is 0 Å². The summed E-state index contributed by atoms with van der Waals surface area (Å²) in [7, 11) is 0. The van der Waals surface area contributed by atoms with Crippen molar-refractivity contribution in [2.24, 2.45) is 0 Å². The smallest absolute Gasteiger partial charge is 0.481 e. The van der Waals surface area contributed by atoms with Gasteiger partial charge in [-0.25, -0.2) is 0 Å². The second-order valence-corrected chi connectivity index (χ2v) is 2.03. The highest BCUT2D eigenvalue weighted by Crippen LogP contribution is 1.86. The molecule has 0 saturated heterocycles. The number of carboxylic acid groups (broad SMARTS) is 2. The quantitative estimate of drug-likeness (QED) is 0.651. The number of hydrogen-bond acceptors (Lipinski definition) is 2. The zero-order chi connectivity index (χ0) is 10.1. The van der Waals surface area contributed by atoms with Gasteiger partial charge in [0, 0.05) is 0 Å². The molecular weight excluding hydrogens is 223 g/mol. The first-order valence-corrected chi connectivity index (χ1v) is 4.03. The van der Waals surface area contributed by atoms with E-state index in [9.17, 15) is 20.2 Å². The Hall–Kier alpha value is -0.205. The van der Waals surface area contributed by atoms with Gasteiger partial charge < -0.3 is 20.8 Å². The van der Waals surface area contributed by atoms with Gasteiger partial charge in [0.2, 0.25) is 0 Å². The number of hydrogen-bond donors (Lipinski definition) is 2. The zero-order valence-corrected chi connectivity index (χ0v) is 6.99. The molecule has 0 atom stereocenters. The van der Waals surface area contributed by atoms with Crippen LogP contribution in [0.2, 0.25) is 0 Å². The summed E-state index contributed by atoms with van der Waals surface area (Å²) in [6.07, 6.45) is -0.593. The summed E-state index contributed by atoms with van der Waals surface area (Å²) in [5.74, 6) is -2.15. The summed E-state index contributed by atoms with van der Waals surface area (Å²) < 4.78 is 29.4. The van der Waals surface area contributed by atoms with Gasteiger partial charge in [-0.15, -0.1) is 0 Å². The lowest BCUT2D eigenvalue weighted by Crippen LogP contribution is -2.00. The number of carboxylic acids is 2. The monoisotopic (exact) mass is 232 g/mol. The van der Waals surface area contributed by atoms with Gasteiger partial charge in [-0.3, -0.25) is 9.59 Å². The van der Waals surface area contributed by atoms with Crippen molar-refractivity contribution in [1.82, 2.24) is 0 Å². The summed E-state index contributed by atoms with van der Waals surface area (Å²) in [5.41, 5.74) is 0. The van der Waals surface area contributed by atoms with E-state index in [1.54, 1.807) is 0 Å². The molecule has 0 aromatic heterocycles. The van der Waals surface area contributed by atoms with Gasteiger partial charge in [-0.2, -0.15) is 0 Å². The SMILES string of the molecule is O=C(O)CCC(=O)O.[AlH3].[F][Al]([F])[F]. The van der Waals surface area contributed by atoms with Crippen molar-refractivity contribution in [3.05, 3.63) is 0 Å². The van der Waals surface area contributed by atoms with Crippen molar-refractivity contribution in [3.8, 4) is 0 Å². The standard InChI is InChI=1S/C4H6O4.2Al.3FH.3H/c5-3(6)1-2-4(7)8;;;;;;;;/h1-2H2,(H,5,6)(H,7,8);;;3*1H;;;/q;;+3;;;;;;/p-3. The highest BCUT2D eigenvalue weighted by Gasteiger charge is 2.21. The summed E-state index contributed by atoms with van der Waals surface area (Å²) in [6, 6.07) is 0. The molecule has 9 heteroatoms. The van der Waals surface area contributed by atoms with Crippen molar-refractivity contribution in [2.75, 3.05) is 0 Å².